The number of nitrogens with zero attached hydrogens (tertiary/aromatic N) is 3. The second kappa shape index (κ2) is 12.6. The third kappa shape index (κ3) is 5.56. The number of methoxy groups -OCH3 is 2. The summed E-state index contributed by atoms with van der Waals surface area (Å²) in [4.78, 5) is 2.46. The van der Waals surface area contributed by atoms with Crippen LogP contribution in [-0.2, 0) is 20.6 Å². The van der Waals surface area contributed by atoms with Crippen molar-refractivity contribution in [2.75, 3.05) is 38.8 Å². The Hall–Kier alpha value is -2.74. The fourth-order valence-corrected chi connectivity index (χ4v) is 7.34. The summed E-state index contributed by atoms with van der Waals surface area (Å²) in [6, 6.07) is 13.4. The molecule has 2 aromatic carbocycles. The van der Waals surface area contributed by atoms with Gasteiger partial charge in [-0.15, -0.1) is 5.10 Å². The molecule has 0 spiro atoms. The number of benzene rings is 2. The van der Waals surface area contributed by atoms with E-state index in [-0.39, 0.29) is 18.5 Å². The second-order valence-electron chi connectivity index (χ2n) is 11.8. The Kier molecular flexibility index (Phi) is 8.75. The van der Waals surface area contributed by atoms with Crippen molar-refractivity contribution < 1.29 is 18.6 Å². The van der Waals surface area contributed by atoms with Crippen molar-refractivity contribution in [1.29, 1.82) is 0 Å². The van der Waals surface area contributed by atoms with Crippen molar-refractivity contribution in [3.05, 3.63) is 64.6 Å². The summed E-state index contributed by atoms with van der Waals surface area (Å²) in [7, 11) is 3.45. The molecule has 3 heterocycles. The van der Waals surface area contributed by atoms with E-state index >= 15 is 4.39 Å². The molecule has 1 unspecified atom stereocenters. The molecule has 3 aliphatic rings. The minimum atomic E-state index is -0.368. The van der Waals surface area contributed by atoms with Crippen LogP contribution in [0, 0.1) is 11.9 Å². The summed E-state index contributed by atoms with van der Waals surface area (Å²) in [5.41, 5.74) is 8.36. The van der Waals surface area contributed by atoms with Gasteiger partial charge in [0.05, 0.1) is 10.9 Å². The molecule has 2 aliphatic heterocycles. The summed E-state index contributed by atoms with van der Waals surface area (Å²) in [6.07, 6.45) is 9.87. The van der Waals surface area contributed by atoms with Crippen LogP contribution in [0.4, 0.5) is 10.1 Å². The zero-order valence-electron chi connectivity index (χ0n) is 24.8. The van der Waals surface area contributed by atoms with Gasteiger partial charge in [-0.25, -0.2) is 4.68 Å². The predicted molar refractivity (Wildman–Crippen MR) is 162 cm³/mol. The third-order valence-electron chi connectivity index (χ3n) is 9.36. The fraction of sp³-hybridized carbons (Fsp3) is 0.559. The lowest BCUT2D eigenvalue weighted by molar-refractivity contribution is -0.141. The molecule has 0 amide bonds. The molecule has 6 nitrogen and oxygen atoms in total. The summed E-state index contributed by atoms with van der Waals surface area (Å²) in [5.74, 6) is 0.0586. The number of piperidine rings is 1. The molecule has 7 heteroatoms. The molecule has 0 N–H and O–H groups in total. The molecule has 0 radical (unpaired) electrons. The third-order valence-corrected chi connectivity index (χ3v) is 9.36. The number of hydrogen-bond acceptors (Lipinski definition) is 5. The van der Waals surface area contributed by atoms with Crippen LogP contribution in [0.1, 0.15) is 87.6 Å². The van der Waals surface area contributed by atoms with E-state index < -0.39 is 0 Å². The van der Waals surface area contributed by atoms with Gasteiger partial charge < -0.3 is 19.1 Å². The predicted octanol–water partition coefficient (Wildman–Crippen LogP) is 7.65. The Labute approximate surface area is 243 Å². The van der Waals surface area contributed by atoms with E-state index in [4.69, 9.17) is 14.2 Å². The van der Waals surface area contributed by atoms with E-state index in [1.807, 2.05) is 0 Å². The molecule has 0 bridgehead atoms. The highest BCUT2D eigenvalue weighted by Crippen LogP contribution is 2.41. The number of ether oxygens (including phenoxy) is 3. The average Bonchev–Trinajstić information content (AvgIpc) is 3.24. The molecule has 3 aromatic rings. The van der Waals surface area contributed by atoms with E-state index in [1.165, 1.54) is 28.0 Å². The lowest BCUT2D eigenvalue weighted by Crippen LogP contribution is -2.39. The zero-order chi connectivity index (χ0) is 28.3. The fourth-order valence-electron chi connectivity index (χ4n) is 7.34. The number of anilines is 1. The minimum Gasteiger partial charge on any atom is -0.372 e. The summed E-state index contributed by atoms with van der Waals surface area (Å²) in [6.45, 7) is 4.94. The maximum atomic E-state index is 15.6. The van der Waals surface area contributed by atoms with Crippen molar-refractivity contribution in [3.8, 4) is 0 Å². The first kappa shape index (κ1) is 28.4. The summed E-state index contributed by atoms with van der Waals surface area (Å²) >= 11 is 0. The van der Waals surface area contributed by atoms with Gasteiger partial charge >= 0.3 is 0 Å². The molecule has 1 atom stereocenters. The Morgan fingerprint density at radius 2 is 1.76 bits per heavy atom. The first-order valence-corrected chi connectivity index (χ1v) is 15.6. The first-order valence-electron chi connectivity index (χ1n) is 15.6. The topological polar surface area (TPSA) is 48.8 Å². The van der Waals surface area contributed by atoms with Gasteiger partial charge in [0.15, 0.2) is 12.5 Å². The van der Waals surface area contributed by atoms with Crippen LogP contribution in [0.3, 0.4) is 0 Å². The van der Waals surface area contributed by atoms with Crippen LogP contribution in [0.15, 0.2) is 42.0 Å². The molecule has 1 aromatic heterocycles. The number of aromatic nitrogens is 2. The number of fused-ring (bicyclic) bond motifs is 3. The van der Waals surface area contributed by atoms with Crippen molar-refractivity contribution in [2.45, 2.75) is 83.6 Å². The monoisotopic (exact) mass is 561 g/mol. The van der Waals surface area contributed by atoms with E-state index in [0.717, 1.165) is 88.4 Å². The highest BCUT2D eigenvalue weighted by molar-refractivity contribution is 5.93. The normalized spacial score (nSPS) is 20.6. The van der Waals surface area contributed by atoms with Gasteiger partial charge in [-0.2, -0.15) is 4.39 Å². The molecule has 0 saturated carbocycles. The largest absolute Gasteiger partial charge is 0.372 e. The number of halogens is 1. The van der Waals surface area contributed by atoms with Crippen molar-refractivity contribution in [3.63, 3.8) is 0 Å². The smallest absolute Gasteiger partial charge is 0.240 e. The van der Waals surface area contributed by atoms with E-state index in [1.54, 1.807) is 18.9 Å². The van der Waals surface area contributed by atoms with Gasteiger partial charge in [-0.05, 0) is 98.2 Å². The van der Waals surface area contributed by atoms with Crippen LogP contribution in [-0.4, -0.2) is 50.0 Å². The van der Waals surface area contributed by atoms with Crippen LogP contribution >= 0.6 is 0 Å². The second-order valence-corrected chi connectivity index (χ2v) is 11.8. The number of hydrogen-bond donors (Lipinski definition) is 0. The van der Waals surface area contributed by atoms with E-state index in [2.05, 4.69) is 53.3 Å². The standard InChI is InChI=1S/C34H44FN3O3/c1-4-8-23-9-7-10-27-28(16-17-29-32(27)33(35)36-38(29)30-11-5-6-22-41-30)31(23)24-12-14-26(15-13-24)37-20-18-25(19-21-37)34(39-2)40-3/h12-17,25,30,34H,4-11,18-22H2,1-3H3. The zero-order valence-corrected chi connectivity index (χ0v) is 24.8. The van der Waals surface area contributed by atoms with Gasteiger partial charge in [0.25, 0.3) is 0 Å². The van der Waals surface area contributed by atoms with Crippen molar-refractivity contribution >= 4 is 22.2 Å². The van der Waals surface area contributed by atoms with Crippen LogP contribution in [0.5, 0.6) is 0 Å². The minimum absolute atomic E-state index is 0.127. The Morgan fingerprint density at radius 1 is 0.976 bits per heavy atom. The Bertz CT molecular complexity index is 1360. The number of allylic oxidation sites excluding steroid dienone is 1. The van der Waals surface area contributed by atoms with Gasteiger partial charge in [0.2, 0.25) is 5.95 Å². The Morgan fingerprint density at radius 3 is 2.44 bits per heavy atom. The maximum Gasteiger partial charge on any atom is 0.240 e. The SMILES string of the molecule is CCCC1=C(c2ccc(N3CCC(C(OC)OC)CC3)cc2)c2ccc3c(c(F)nn3C3CCCCO3)c2CCC1. The Balaban J connectivity index is 1.33. The first-order chi connectivity index (χ1) is 20.1. The molecule has 1 aliphatic carbocycles. The van der Waals surface area contributed by atoms with Gasteiger partial charge in [-0.3, -0.25) is 0 Å². The van der Waals surface area contributed by atoms with Gasteiger partial charge in [0, 0.05) is 45.5 Å². The molecule has 2 fully saturated rings. The maximum absolute atomic E-state index is 15.6. The molecular formula is C34H44FN3O3. The molecule has 2 saturated heterocycles. The van der Waals surface area contributed by atoms with Crippen LogP contribution in [0.25, 0.3) is 16.5 Å². The van der Waals surface area contributed by atoms with E-state index in [9.17, 15) is 0 Å². The van der Waals surface area contributed by atoms with Crippen LogP contribution in [0.2, 0.25) is 0 Å². The van der Waals surface area contributed by atoms with Crippen LogP contribution < -0.4 is 4.90 Å². The highest BCUT2D eigenvalue weighted by Gasteiger charge is 2.28. The van der Waals surface area contributed by atoms with Crippen molar-refractivity contribution in [1.82, 2.24) is 9.78 Å². The summed E-state index contributed by atoms with van der Waals surface area (Å²) in [5, 5.41) is 5.06. The number of rotatable bonds is 8. The average molecular weight is 562 g/mol. The molecule has 41 heavy (non-hydrogen) atoms. The molecule has 220 valence electrons. The quantitative estimate of drug-likeness (QED) is 0.265. The van der Waals surface area contributed by atoms with Crippen molar-refractivity contribution in [2.24, 2.45) is 5.92 Å². The summed E-state index contributed by atoms with van der Waals surface area (Å²) < 4.78 is 34.4. The molecular weight excluding hydrogens is 517 g/mol. The van der Waals surface area contributed by atoms with E-state index in [0.29, 0.717) is 17.9 Å². The van der Waals surface area contributed by atoms with Gasteiger partial charge in [-0.1, -0.05) is 37.1 Å². The molecule has 6 rings (SSSR count). The highest BCUT2D eigenvalue weighted by atomic mass is 19.1. The lowest BCUT2D eigenvalue weighted by atomic mass is 9.88. The lowest BCUT2D eigenvalue weighted by Gasteiger charge is -2.36. The van der Waals surface area contributed by atoms with Gasteiger partial charge in [0.1, 0.15) is 0 Å². The number of aryl methyl sites for hydroxylation is 1.